The molecule has 0 radical (unpaired) electrons. The molecular formula is C22H35IN6O. The first-order valence-electron chi connectivity index (χ1n) is 10.3. The number of anilines is 1. The van der Waals surface area contributed by atoms with E-state index in [1.54, 1.807) is 0 Å². The van der Waals surface area contributed by atoms with E-state index in [2.05, 4.69) is 28.0 Å². The van der Waals surface area contributed by atoms with E-state index in [-0.39, 0.29) is 35.8 Å². The molecule has 30 heavy (non-hydrogen) atoms. The Morgan fingerprint density at radius 1 is 1.23 bits per heavy atom. The molecule has 166 valence electrons. The highest BCUT2D eigenvalue weighted by molar-refractivity contribution is 14.0. The molecule has 1 heterocycles. The van der Waals surface area contributed by atoms with Crippen LogP contribution in [0.2, 0.25) is 0 Å². The summed E-state index contributed by atoms with van der Waals surface area (Å²) in [6, 6.07) is 7.84. The van der Waals surface area contributed by atoms with Crippen molar-refractivity contribution in [2.24, 2.45) is 18.0 Å². The number of benzene rings is 1. The molecule has 0 saturated heterocycles. The van der Waals surface area contributed by atoms with Gasteiger partial charge < -0.3 is 16.0 Å². The summed E-state index contributed by atoms with van der Waals surface area (Å²) in [4.78, 5) is 16.8. The normalized spacial score (nSPS) is 12.1. The number of guanidine groups is 1. The van der Waals surface area contributed by atoms with Crippen LogP contribution in [0.5, 0.6) is 0 Å². The van der Waals surface area contributed by atoms with Crippen molar-refractivity contribution in [1.82, 2.24) is 20.4 Å². The van der Waals surface area contributed by atoms with Gasteiger partial charge in [0.15, 0.2) is 5.96 Å². The van der Waals surface area contributed by atoms with E-state index < -0.39 is 0 Å². The zero-order valence-electron chi connectivity index (χ0n) is 18.9. The van der Waals surface area contributed by atoms with Crippen molar-refractivity contribution < 1.29 is 4.79 Å². The van der Waals surface area contributed by atoms with Gasteiger partial charge in [0.2, 0.25) is 5.91 Å². The first kappa shape index (κ1) is 25.9. The van der Waals surface area contributed by atoms with Crippen molar-refractivity contribution >= 4 is 41.5 Å². The van der Waals surface area contributed by atoms with Crippen LogP contribution in [0.4, 0.5) is 5.69 Å². The van der Waals surface area contributed by atoms with E-state index in [4.69, 9.17) is 4.99 Å². The summed E-state index contributed by atoms with van der Waals surface area (Å²) in [5, 5.41) is 14.1. The number of amides is 1. The topological polar surface area (TPSA) is 83.3 Å². The number of carbonyl (C=O) groups is 1. The molecule has 2 aromatic rings. The summed E-state index contributed by atoms with van der Waals surface area (Å²) in [7, 11) is 1.96. The molecule has 1 unspecified atom stereocenters. The van der Waals surface area contributed by atoms with Crippen LogP contribution in [0.1, 0.15) is 49.7 Å². The molecule has 3 N–H and O–H groups in total. The van der Waals surface area contributed by atoms with Crippen LogP contribution in [0.15, 0.2) is 29.3 Å². The highest BCUT2D eigenvalue weighted by atomic mass is 127. The lowest BCUT2D eigenvalue weighted by Gasteiger charge is -2.13. The number of aromatic nitrogens is 2. The van der Waals surface area contributed by atoms with Crippen molar-refractivity contribution in [3.63, 3.8) is 0 Å². The Hall–Kier alpha value is -2.10. The number of halogens is 1. The largest absolute Gasteiger partial charge is 0.357 e. The Kier molecular flexibility index (Phi) is 10.9. The van der Waals surface area contributed by atoms with Crippen molar-refractivity contribution in [2.45, 2.75) is 54.1 Å². The summed E-state index contributed by atoms with van der Waals surface area (Å²) in [6.07, 6.45) is 0.823. The van der Waals surface area contributed by atoms with Crippen LogP contribution in [-0.4, -0.2) is 28.2 Å². The molecule has 1 aromatic heterocycles. The average Bonchev–Trinajstić information content (AvgIpc) is 2.95. The van der Waals surface area contributed by atoms with E-state index in [1.807, 2.05) is 63.7 Å². The highest BCUT2D eigenvalue weighted by Crippen LogP contribution is 2.14. The average molecular weight is 526 g/mol. The zero-order chi connectivity index (χ0) is 21.4. The second kappa shape index (κ2) is 12.6. The van der Waals surface area contributed by atoms with Gasteiger partial charge in [-0.15, -0.1) is 24.0 Å². The van der Waals surface area contributed by atoms with Gasteiger partial charge in [-0.2, -0.15) is 5.10 Å². The predicted octanol–water partition coefficient (Wildman–Crippen LogP) is 3.89. The van der Waals surface area contributed by atoms with Gasteiger partial charge in [0.25, 0.3) is 0 Å². The number of nitrogens with zero attached hydrogens (tertiary/aromatic N) is 3. The number of aliphatic imine (C=N–C) groups is 1. The van der Waals surface area contributed by atoms with Crippen molar-refractivity contribution in [3.05, 3.63) is 46.8 Å². The Balaban J connectivity index is 0.00000450. The van der Waals surface area contributed by atoms with E-state index in [1.165, 1.54) is 5.56 Å². The van der Waals surface area contributed by atoms with Crippen molar-refractivity contribution in [1.29, 1.82) is 0 Å². The van der Waals surface area contributed by atoms with Crippen LogP contribution in [0, 0.1) is 19.8 Å². The highest BCUT2D eigenvalue weighted by Gasteiger charge is 2.11. The minimum Gasteiger partial charge on any atom is -0.357 e. The van der Waals surface area contributed by atoms with Gasteiger partial charge in [-0.05, 0) is 44.9 Å². The van der Waals surface area contributed by atoms with Gasteiger partial charge in [-0.25, -0.2) is 4.99 Å². The molecule has 1 atom stereocenters. The molecule has 0 aliphatic carbocycles. The molecule has 0 spiro atoms. The van der Waals surface area contributed by atoms with Gasteiger partial charge >= 0.3 is 0 Å². The second-order valence-corrected chi connectivity index (χ2v) is 7.32. The molecular weight excluding hydrogens is 491 g/mol. The van der Waals surface area contributed by atoms with Crippen molar-refractivity contribution in [3.8, 4) is 0 Å². The van der Waals surface area contributed by atoms with Gasteiger partial charge in [-0.1, -0.05) is 26.0 Å². The summed E-state index contributed by atoms with van der Waals surface area (Å²) >= 11 is 0. The third-order valence-electron chi connectivity index (χ3n) is 5.11. The fourth-order valence-corrected chi connectivity index (χ4v) is 2.96. The molecule has 8 heteroatoms. The maximum Gasteiger partial charge on any atom is 0.227 e. The monoisotopic (exact) mass is 526 g/mol. The number of hydrogen-bond donors (Lipinski definition) is 3. The van der Waals surface area contributed by atoms with Gasteiger partial charge in [0.1, 0.15) is 0 Å². The van der Waals surface area contributed by atoms with E-state index in [9.17, 15) is 4.79 Å². The second-order valence-electron chi connectivity index (χ2n) is 7.32. The summed E-state index contributed by atoms with van der Waals surface area (Å²) < 4.78 is 1.90. The zero-order valence-corrected chi connectivity index (χ0v) is 21.2. The van der Waals surface area contributed by atoms with Crippen LogP contribution in [0.25, 0.3) is 0 Å². The predicted molar refractivity (Wildman–Crippen MR) is 134 cm³/mol. The Labute approximate surface area is 197 Å². The fourth-order valence-electron chi connectivity index (χ4n) is 2.96. The fraction of sp³-hybridized carbons (Fsp3) is 0.500. The smallest absolute Gasteiger partial charge is 0.227 e. The molecule has 7 nitrogen and oxygen atoms in total. The molecule has 0 saturated carbocycles. The first-order valence-corrected chi connectivity index (χ1v) is 10.3. The van der Waals surface area contributed by atoms with Gasteiger partial charge in [0, 0.05) is 43.0 Å². The molecule has 0 fully saturated rings. The number of nitrogens with one attached hydrogen (secondary N) is 3. The number of hydrogen-bond acceptors (Lipinski definition) is 3. The minimum atomic E-state index is 0. The molecule has 1 amide bonds. The van der Waals surface area contributed by atoms with Gasteiger partial charge in [0.05, 0.1) is 12.2 Å². The van der Waals surface area contributed by atoms with Crippen molar-refractivity contribution in [2.75, 3.05) is 11.9 Å². The number of aryl methyl sites for hydroxylation is 2. The van der Waals surface area contributed by atoms with E-state index in [0.717, 1.165) is 41.6 Å². The summed E-state index contributed by atoms with van der Waals surface area (Å²) in [5.41, 5.74) is 5.21. The maximum atomic E-state index is 12.1. The molecule has 2 rings (SSSR count). The molecule has 0 aliphatic rings. The third kappa shape index (κ3) is 7.30. The van der Waals surface area contributed by atoms with Crippen LogP contribution < -0.4 is 16.0 Å². The lowest BCUT2D eigenvalue weighted by atomic mass is 10.1. The molecule has 0 bridgehead atoms. The quantitative estimate of drug-likeness (QED) is 0.277. The lowest BCUT2D eigenvalue weighted by Crippen LogP contribution is -2.37. The van der Waals surface area contributed by atoms with Gasteiger partial charge in [-0.3, -0.25) is 9.48 Å². The molecule has 1 aromatic carbocycles. The minimum absolute atomic E-state index is 0. The number of rotatable bonds is 8. The van der Waals surface area contributed by atoms with Crippen LogP contribution >= 0.6 is 24.0 Å². The maximum absolute atomic E-state index is 12.1. The Morgan fingerprint density at radius 2 is 1.97 bits per heavy atom. The number of carbonyl (C=O) groups excluding carboxylic acids is 1. The summed E-state index contributed by atoms with van der Waals surface area (Å²) in [5.74, 6) is 0.801. The Bertz CT molecular complexity index is 861. The van der Waals surface area contributed by atoms with Crippen LogP contribution in [-0.2, 0) is 24.9 Å². The van der Waals surface area contributed by atoms with E-state index in [0.29, 0.717) is 13.1 Å². The SMILES string of the molecule is CCNC(=NCc1cccc(NC(=O)C(C)CC)c1)NCc1c(C)nn(C)c1C.I. The molecule has 0 aliphatic heterocycles. The van der Waals surface area contributed by atoms with Crippen LogP contribution in [0.3, 0.4) is 0 Å². The van der Waals surface area contributed by atoms with E-state index >= 15 is 0 Å². The third-order valence-corrected chi connectivity index (χ3v) is 5.11. The Morgan fingerprint density at radius 3 is 2.57 bits per heavy atom. The standard InChI is InChI=1S/C22H34N6O.HI/c1-7-15(3)21(29)26-19-11-9-10-18(12-19)13-24-22(23-8-2)25-14-20-16(4)27-28(6)17(20)5;/h9-12,15H,7-8,13-14H2,1-6H3,(H,26,29)(H2,23,24,25);1H. The first-order chi connectivity index (χ1) is 13.8. The lowest BCUT2D eigenvalue weighted by molar-refractivity contribution is -0.119. The summed E-state index contributed by atoms with van der Waals surface area (Å²) in [6.45, 7) is 12.1.